The van der Waals surface area contributed by atoms with Crippen LogP contribution in [0, 0.1) is 6.92 Å². The number of hydrogen-bond acceptors (Lipinski definition) is 4. The Labute approximate surface area is 112 Å². The van der Waals surface area contributed by atoms with Crippen LogP contribution in [0.1, 0.15) is 5.69 Å². The molecule has 0 fully saturated rings. The molecule has 18 heavy (non-hydrogen) atoms. The van der Waals surface area contributed by atoms with E-state index in [4.69, 9.17) is 5.73 Å². The lowest BCUT2D eigenvalue weighted by atomic mass is 10.2. The van der Waals surface area contributed by atoms with Gasteiger partial charge in [-0.05, 0) is 41.1 Å². The van der Waals surface area contributed by atoms with Gasteiger partial charge in [-0.15, -0.1) is 0 Å². The summed E-state index contributed by atoms with van der Waals surface area (Å²) in [5.41, 5.74) is 9.60. The van der Waals surface area contributed by atoms with Crippen molar-refractivity contribution in [2.75, 3.05) is 5.73 Å². The van der Waals surface area contributed by atoms with Crippen LogP contribution >= 0.6 is 15.9 Å². The predicted molar refractivity (Wildman–Crippen MR) is 73.1 cm³/mol. The van der Waals surface area contributed by atoms with Crippen LogP contribution in [0.15, 0.2) is 35.2 Å². The Morgan fingerprint density at radius 3 is 2.89 bits per heavy atom. The number of nitrogens with two attached hydrogens (primary N) is 1. The number of rotatable bonds is 1. The summed E-state index contributed by atoms with van der Waals surface area (Å²) in [5.74, 6) is 0.453. The minimum Gasteiger partial charge on any atom is -0.382 e. The number of anilines is 1. The average Bonchev–Trinajstić information content (AvgIpc) is 2.68. The summed E-state index contributed by atoms with van der Waals surface area (Å²) in [5, 5.41) is 4.24. The summed E-state index contributed by atoms with van der Waals surface area (Å²) >= 11 is 3.49. The van der Waals surface area contributed by atoms with E-state index in [2.05, 4.69) is 31.0 Å². The maximum atomic E-state index is 5.86. The SMILES string of the molecule is Cc1cc(-c2cc(Br)c3c(N)ncnn23)ccn1. The van der Waals surface area contributed by atoms with Crippen LogP contribution < -0.4 is 5.73 Å². The molecule has 0 aliphatic carbocycles. The van der Waals surface area contributed by atoms with Gasteiger partial charge < -0.3 is 5.73 Å². The Bertz CT molecular complexity index is 734. The molecule has 0 aliphatic rings. The number of fused-ring (bicyclic) bond motifs is 1. The first-order chi connectivity index (χ1) is 8.66. The average molecular weight is 304 g/mol. The fourth-order valence-corrected chi connectivity index (χ4v) is 2.52. The summed E-state index contributed by atoms with van der Waals surface area (Å²) in [6, 6.07) is 5.93. The van der Waals surface area contributed by atoms with Crippen molar-refractivity contribution in [3.63, 3.8) is 0 Å². The molecule has 3 aromatic heterocycles. The lowest BCUT2D eigenvalue weighted by Crippen LogP contribution is -2.00. The largest absolute Gasteiger partial charge is 0.382 e. The van der Waals surface area contributed by atoms with Crippen LogP contribution in [0.2, 0.25) is 0 Å². The van der Waals surface area contributed by atoms with Gasteiger partial charge in [0.1, 0.15) is 11.8 Å². The predicted octanol–water partition coefficient (Wildman–Crippen LogP) is 2.44. The van der Waals surface area contributed by atoms with E-state index in [1.807, 2.05) is 25.1 Å². The number of halogens is 1. The second-order valence-electron chi connectivity index (χ2n) is 3.97. The zero-order chi connectivity index (χ0) is 12.7. The van der Waals surface area contributed by atoms with Crippen LogP contribution in [-0.2, 0) is 0 Å². The number of nitrogens with zero attached hydrogens (tertiary/aromatic N) is 4. The third kappa shape index (κ3) is 1.65. The Morgan fingerprint density at radius 1 is 1.28 bits per heavy atom. The first kappa shape index (κ1) is 11.2. The summed E-state index contributed by atoms with van der Waals surface area (Å²) in [7, 11) is 0. The molecule has 6 heteroatoms. The molecular formula is C12H10BrN5. The minimum absolute atomic E-state index is 0.453. The van der Waals surface area contributed by atoms with Crippen molar-refractivity contribution < 1.29 is 0 Å². The molecule has 0 aromatic carbocycles. The molecule has 0 saturated carbocycles. The molecule has 3 rings (SSSR count). The van der Waals surface area contributed by atoms with Crippen molar-refractivity contribution in [2.45, 2.75) is 6.92 Å². The number of hydrogen-bond donors (Lipinski definition) is 1. The maximum absolute atomic E-state index is 5.86. The van der Waals surface area contributed by atoms with Gasteiger partial charge >= 0.3 is 0 Å². The van der Waals surface area contributed by atoms with Crippen molar-refractivity contribution in [2.24, 2.45) is 0 Å². The van der Waals surface area contributed by atoms with E-state index in [0.29, 0.717) is 5.82 Å². The van der Waals surface area contributed by atoms with Crippen molar-refractivity contribution in [3.05, 3.63) is 40.9 Å². The normalized spacial score (nSPS) is 11.0. The van der Waals surface area contributed by atoms with Gasteiger partial charge in [-0.1, -0.05) is 0 Å². The van der Waals surface area contributed by atoms with E-state index in [-0.39, 0.29) is 0 Å². The standard InChI is InChI=1S/C12H10BrN5/c1-7-4-8(2-3-15-7)10-5-9(13)11-12(14)16-6-17-18(10)11/h2-6H,1H3,(H2,14,16,17). The zero-order valence-corrected chi connectivity index (χ0v) is 11.2. The highest BCUT2D eigenvalue weighted by Crippen LogP contribution is 2.30. The van der Waals surface area contributed by atoms with E-state index in [1.54, 1.807) is 10.7 Å². The minimum atomic E-state index is 0.453. The Hall–Kier alpha value is -1.95. The third-order valence-corrected chi connectivity index (χ3v) is 3.33. The number of nitrogen functional groups attached to an aromatic ring is 1. The van der Waals surface area contributed by atoms with Crippen molar-refractivity contribution in [1.29, 1.82) is 0 Å². The van der Waals surface area contributed by atoms with Gasteiger partial charge in [-0.2, -0.15) is 5.10 Å². The van der Waals surface area contributed by atoms with Crippen molar-refractivity contribution in [1.82, 2.24) is 19.6 Å². The molecule has 90 valence electrons. The molecule has 0 spiro atoms. The lowest BCUT2D eigenvalue weighted by molar-refractivity contribution is 0.913. The third-order valence-electron chi connectivity index (χ3n) is 2.73. The van der Waals surface area contributed by atoms with E-state index in [0.717, 1.165) is 26.9 Å². The Balaban J connectivity index is 2.34. The first-order valence-corrected chi connectivity index (χ1v) is 6.17. The molecule has 0 bridgehead atoms. The van der Waals surface area contributed by atoms with Gasteiger partial charge in [-0.3, -0.25) is 4.98 Å². The van der Waals surface area contributed by atoms with Gasteiger partial charge in [0.25, 0.3) is 0 Å². The molecule has 0 atom stereocenters. The molecule has 5 nitrogen and oxygen atoms in total. The molecule has 3 aromatic rings. The Kier molecular flexibility index (Phi) is 2.52. The van der Waals surface area contributed by atoms with E-state index < -0.39 is 0 Å². The van der Waals surface area contributed by atoms with Crippen molar-refractivity contribution >= 4 is 27.3 Å². The lowest BCUT2D eigenvalue weighted by Gasteiger charge is -2.03. The second-order valence-corrected chi connectivity index (χ2v) is 4.82. The molecular weight excluding hydrogens is 294 g/mol. The molecule has 0 amide bonds. The number of aromatic nitrogens is 4. The Morgan fingerprint density at radius 2 is 2.11 bits per heavy atom. The van der Waals surface area contributed by atoms with Gasteiger partial charge in [0.15, 0.2) is 5.82 Å². The fourth-order valence-electron chi connectivity index (χ4n) is 1.93. The van der Waals surface area contributed by atoms with Crippen LogP contribution in [0.5, 0.6) is 0 Å². The molecule has 0 radical (unpaired) electrons. The van der Waals surface area contributed by atoms with Gasteiger partial charge in [0.05, 0.1) is 5.69 Å². The van der Waals surface area contributed by atoms with Gasteiger partial charge in [0, 0.05) is 21.9 Å². The summed E-state index contributed by atoms with van der Waals surface area (Å²) in [6.07, 6.45) is 3.23. The smallest absolute Gasteiger partial charge is 0.152 e. The highest BCUT2D eigenvalue weighted by molar-refractivity contribution is 9.10. The summed E-state index contributed by atoms with van der Waals surface area (Å²) < 4.78 is 2.66. The zero-order valence-electron chi connectivity index (χ0n) is 9.63. The van der Waals surface area contributed by atoms with Crippen molar-refractivity contribution in [3.8, 4) is 11.3 Å². The molecule has 2 N–H and O–H groups in total. The van der Waals surface area contributed by atoms with Gasteiger partial charge in [0.2, 0.25) is 0 Å². The summed E-state index contributed by atoms with van der Waals surface area (Å²) in [6.45, 7) is 1.96. The summed E-state index contributed by atoms with van der Waals surface area (Å²) in [4.78, 5) is 8.19. The quantitative estimate of drug-likeness (QED) is 0.749. The van der Waals surface area contributed by atoms with E-state index in [1.165, 1.54) is 6.33 Å². The van der Waals surface area contributed by atoms with Crippen LogP contribution in [0.3, 0.4) is 0 Å². The number of aryl methyl sites for hydroxylation is 1. The van der Waals surface area contributed by atoms with Gasteiger partial charge in [-0.25, -0.2) is 9.50 Å². The van der Waals surface area contributed by atoms with Crippen LogP contribution in [-0.4, -0.2) is 19.6 Å². The van der Waals surface area contributed by atoms with E-state index in [9.17, 15) is 0 Å². The van der Waals surface area contributed by atoms with Crippen LogP contribution in [0.25, 0.3) is 16.8 Å². The highest BCUT2D eigenvalue weighted by Gasteiger charge is 2.13. The first-order valence-electron chi connectivity index (χ1n) is 5.37. The molecule has 0 aliphatic heterocycles. The fraction of sp³-hybridized carbons (Fsp3) is 0.0833. The highest BCUT2D eigenvalue weighted by atomic mass is 79.9. The van der Waals surface area contributed by atoms with E-state index >= 15 is 0 Å². The van der Waals surface area contributed by atoms with Crippen LogP contribution in [0.4, 0.5) is 5.82 Å². The number of pyridine rings is 1. The topological polar surface area (TPSA) is 69.1 Å². The second kappa shape index (κ2) is 4.06. The monoisotopic (exact) mass is 303 g/mol. The molecule has 0 saturated heterocycles. The molecule has 3 heterocycles. The molecule has 0 unspecified atom stereocenters. The maximum Gasteiger partial charge on any atom is 0.152 e.